The van der Waals surface area contributed by atoms with Crippen LogP contribution in [0.1, 0.15) is 62.9 Å². The number of nitrogens with zero attached hydrogens (tertiary/aromatic N) is 3. The third-order valence-corrected chi connectivity index (χ3v) is 4.86. The van der Waals surface area contributed by atoms with E-state index in [1.807, 2.05) is 18.7 Å². The van der Waals surface area contributed by atoms with Gasteiger partial charge >= 0.3 is 6.18 Å². The van der Waals surface area contributed by atoms with Crippen LogP contribution in [0.15, 0.2) is 0 Å². The lowest BCUT2D eigenvalue weighted by Gasteiger charge is -2.31. The summed E-state index contributed by atoms with van der Waals surface area (Å²) >= 11 is 0. The Balaban J connectivity index is 2.06. The molecule has 0 bridgehead atoms. The molecule has 4 nitrogen and oxygen atoms in total. The lowest BCUT2D eigenvalue weighted by atomic mass is 9.93. The normalized spacial score (nSPS) is 16.9. The summed E-state index contributed by atoms with van der Waals surface area (Å²) in [6.07, 6.45) is -1.80. The predicted octanol–water partition coefficient (Wildman–Crippen LogP) is 3.98. The van der Waals surface area contributed by atoms with E-state index in [0.717, 1.165) is 32.4 Å². The van der Waals surface area contributed by atoms with Crippen molar-refractivity contribution in [1.82, 2.24) is 14.7 Å². The van der Waals surface area contributed by atoms with Crippen LogP contribution < -0.4 is 0 Å². The molecule has 1 aromatic rings. The highest BCUT2D eigenvalue weighted by Crippen LogP contribution is 2.34. The van der Waals surface area contributed by atoms with E-state index < -0.39 is 11.9 Å². The zero-order chi connectivity index (χ0) is 18.1. The highest BCUT2D eigenvalue weighted by Gasteiger charge is 2.38. The first-order valence-corrected chi connectivity index (χ1v) is 8.51. The second-order valence-corrected chi connectivity index (χ2v) is 6.97. The molecule has 7 heteroatoms. The molecular formula is C17H26F3N3O. The smallest absolute Gasteiger partial charge is 0.343 e. The zero-order valence-corrected chi connectivity index (χ0v) is 14.8. The molecule has 0 aliphatic carbocycles. The fourth-order valence-electron chi connectivity index (χ4n) is 3.58. The Labute approximate surface area is 141 Å². The van der Waals surface area contributed by atoms with Crippen molar-refractivity contribution in [2.24, 2.45) is 5.92 Å². The molecule has 0 radical (unpaired) electrons. The molecule has 0 spiro atoms. The molecule has 0 N–H and O–H groups in total. The number of amides is 1. The van der Waals surface area contributed by atoms with Crippen molar-refractivity contribution in [2.45, 2.75) is 65.6 Å². The molecule has 0 unspecified atom stereocenters. The number of hydrogen-bond acceptors (Lipinski definition) is 2. The van der Waals surface area contributed by atoms with Crippen molar-refractivity contribution in [1.29, 1.82) is 0 Å². The van der Waals surface area contributed by atoms with Crippen LogP contribution in [0.4, 0.5) is 13.2 Å². The number of likely N-dealkylation sites (tertiary alicyclic amines) is 1. The van der Waals surface area contributed by atoms with E-state index in [4.69, 9.17) is 0 Å². The standard InChI is InChI=1S/C17H26F3N3O/c1-11(2)15-12(3)16(17(18,19)20)21-23(15)10-7-14-5-8-22(9-6-14)13(4)24/h11,14H,5-10H2,1-4H3. The van der Waals surface area contributed by atoms with E-state index >= 15 is 0 Å². The number of alkyl halides is 3. The Bertz CT molecular complexity index is 585. The van der Waals surface area contributed by atoms with E-state index in [1.165, 1.54) is 6.92 Å². The van der Waals surface area contributed by atoms with Crippen LogP contribution in [0.2, 0.25) is 0 Å². The van der Waals surface area contributed by atoms with Crippen molar-refractivity contribution in [3.63, 3.8) is 0 Å². The van der Waals surface area contributed by atoms with E-state index in [-0.39, 0.29) is 17.4 Å². The molecule has 1 aliphatic heterocycles. The van der Waals surface area contributed by atoms with Crippen molar-refractivity contribution in [3.8, 4) is 0 Å². The van der Waals surface area contributed by atoms with Gasteiger partial charge in [0.05, 0.1) is 0 Å². The lowest BCUT2D eigenvalue weighted by molar-refractivity contribution is -0.142. The number of carbonyl (C=O) groups is 1. The van der Waals surface area contributed by atoms with Gasteiger partial charge in [0.2, 0.25) is 5.91 Å². The molecule has 2 rings (SSSR count). The molecule has 1 fully saturated rings. The summed E-state index contributed by atoms with van der Waals surface area (Å²) in [6.45, 7) is 8.84. The Morgan fingerprint density at radius 1 is 1.29 bits per heavy atom. The van der Waals surface area contributed by atoms with Crippen molar-refractivity contribution >= 4 is 5.91 Å². The van der Waals surface area contributed by atoms with Gasteiger partial charge in [-0.3, -0.25) is 9.48 Å². The van der Waals surface area contributed by atoms with Crippen LogP contribution in [0.5, 0.6) is 0 Å². The Morgan fingerprint density at radius 2 is 1.88 bits per heavy atom. The molecule has 2 heterocycles. The molecule has 1 saturated heterocycles. The van der Waals surface area contributed by atoms with Crippen molar-refractivity contribution in [2.75, 3.05) is 13.1 Å². The highest BCUT2D eigenvalue weighted by molar-refractivity contribution is 5.73. The van der Waals surface area contributed by atoms with Crippen LogP contribution >= 0.6 is 0 Å². The van der Waals surface area contributed by atoms with Gasteiger partial charge in [-0.2, -0.15) is 18.3 Å². The topological polar surface area (TPSA) is 38.1 Å². The average Bonchev–Trinajstić information content (AvgIpc) is 2.82. The van der Waals surface area contributed by atoms with Crippen LogP contribution in [-0.4, -0.2) is 33.7 Å². The summed E-state index contributed by atoms with van der Waals surface area (Å²) in [5.74, 6) is 0.515. The molecule has 1 aromatic heterocycles. The van der Waals surface area contributed by atoms with Gasteiger partial charge in [0, 0.05) is 37.8 Å². The minimum Gasteiger partial charge on any atom is -0.343 e. The van der Waals surface area contributed by atoms with Crippen LogP contribution in [-0.2, 0) is 17.5 Å². The number of piperidine rings is 1. The summed E-state index contributed by atoms with van der Waals surface area (Å²) in [6, 6.07) is 0. The monoisotopic (exact) mass is 345 g/mol. The van der Waals surface area contributed by atoms with Gasteiger partial charge in [-0.25, -0.2) is 0 Å². The largest absolute Gasteiger partial charge is 0.435 e. The summed E-state index contributed by atoms with van der Waals surface area (Å²) in [7, 11) is 0. The molecule has 0 atom stereocenters. The summed E-state index contributed by atoms with van der Waals surface area (Å²) in [5, 5.41) is 3.86. The number of aryl methyl sites for hydroxylation is 1. The quantitative estimate of drug-likeness (QED) is 0.828. The van der Waals surface area contributed by atoms with Gasteiger partial charge in [-0.15, -0.1) is 0 Å². The first-order valence-electron chi connectivity index (χ1n) is 8.51. The lowest BCUT2D eigenvalue weighted by Crippen LogP contribution is -2.37. The Hall–Kier alpha value is -1.53. The van der Waals surface area contributed by atoms with Crippen LogP contribution in [0.25, 0.3) is 0 Å². The number of halogens is 3. The van der Waals surface area contributed by atoms with Gasteiger partial charge < -0.3 is 4.90 Å². The fourth-order valence-corrected chi connectivity index (χ4v) is 3.58. The van der Waals surface area contributed by atoms with Crippen LogP contribution in [0.3, 0.4) is 0 Å². The van der Waals surface area contributed by atoms with Gasteiger partial charge in [-0.1, -0.05) is 13.8 Å². The van der Waals surface area contributed by atoms with E-state index in [9.17, 15) is 18.0 Å². The Morgan fingerprint density at radius 3 is 2.33 bits per heavy atom. The maximum Gasteiger partial charge on any atom is 0.435 e. The summed E-state index contributed by atoms with van der Waals surface area (Å²) in [5.41, 5.74) is 0.144. The van der Waals surface area contributed by atoms with Crippen molar-refractivity contribution in [3.05, 3.63) is 17.0 Å². The van der Waals surface area contributed by atoms with Gasteiger partial charge in [0.1, 0.15) is 0 Å². The molecule has 136 valence electrons. The molecule has 1 aliphatic rings. The SMILES string of the molecule is CC(=O)N1CCC(CCn2nc(C(F)(F)F)c(C)c2C(C)C)CC1. The molecule has 0 aromatic carbocycles. The second-order valence-electron chi connectivity index (χ2n) is 6.97. The maximum absolute atomic E-state index is 13.1. The zero-order valence-electron chi connectivity index (χ0n) is 14.8. The van der Waals surface area contributed by atoms with E-state index in [1.54, 1.807) is 11.6 Å². The van der Waals surface area contributed by atoms with E-state index in [2.05, 4.69) is 5.10 Å². The molecule has 1 amide bonds. The van der Waals surface area contributed by atoms with Crippen LogP contribution in [0, 0.1) is 12.8 Å². The first kappa shape index (κ1) is 18.8. The van der Waals surface area contributed by atoms with Gasteiger partial charge in [-0.05, 0) is 38.0 Å². The van der Waals surface area contributed by atoms with Gasteiger partial charge in [0.15, 0.2) is 5.69 Å². The van der Waals surface area contributed by atoms with Gasteiger partial charge in [0.25, 0.3) is 0 Å². The Kier molecular flexibility index (Phi) is 5.60. The number of carbonyl (C=O) groups excluding carboxylic acids is 1. The van der Waals surface area contributed by atoms with Crippen molar-refractivity contribution < 1.29 is 18.0 Å². The first-order chi connectivity index (χ1) is 11.1. The molecule has 0 saturated carbocycles. The molecule has 24 heavy (non-hydrogen) atoms. The predicted molar refractivity (Wildman–Crippen MR) is 85.7 cm³/mol. The third-order valence-electron chi connectivity index (χ3n) is 4.86. The minimum atomic E-state index is -4.41. The fraction of sp³-hybridized carbons (Fsp3) is 0.765. The number of aromatic nitrogens is 2. The van der Waals surface area contributed by atoms with E-state index in [0.29, 0.717) is 18.2 Å². The number of hydrogen-bond donors (Lipinski definition) is 0. The number of rotatable bonds is 4. The molecular weight excluding hydrogens is 319 g/mol. The second kappa shape index (κ2) is 7.15. The summed E-state index contributed by atoms with van der Waals surface area (Å²) in [4.78, 5) is 13.2. The summed E-state index contributed by atoms with van der Waals surface area (Å²) < 4.78 is 40.9. The maximum atomic E-state index is 13.1. The third kappa shape index (κ3) is 4.11. The highest BCUT2D eigenvalue weighted by atomic mass is 19.4. The average molecular weight is 345 g/mol. The minimum absolute atomic E-state index is 0.00633.